The van der Waals surface area contributed by atoms with Gasteiger partial charge in [-0.1, -0.05) is 20.4 Å². The summed E-state index contributed by atoms with van der Waals surface area (Å²) >= 11 is 3.69. The molecule has 1 aliphatic heterocycles. The zero-order valence-corrected chi connectivity index (χ0v) is 13.7. The van der Waals surface area contributed by atoms with Crippen LogP contribution in [-0.4, -0.2) is 24.2 Å². The molecule has 0 bridgehead atoms. The lowest BCUT2D eigenvalue weighted by Crippen LogP contribution is -2.01. The SMILES string of the molecule is C=C(O)c1c(NC)sc2c1CCSC2.CC.CC=O. The quantitative estimate of drug-likeness (QED) is 0.630. The van der Waals surface area contributed by atoms with Crippen molar-refractivity contribution in [2.24, 2.45) is 0 Å². The Balaban J connectivity index is 0.000000573. The number of carbonyl (C=O) groups excluding carboxylic acids is 1. The van der Waals surface area contributed by atoms with Crippen molar-refractivity contribution < 1.29 is 9.90 Å². The molecule has 1 aliphatic rings. The van der Waals surface area contributed by atoms with Gasteiger partial charge < -0.3 is 15.2 Å². The first-order chi connectivity index (χ1) is 9.15. The van der Waals surface area contributed by atoms with Crippen molar-refractivity contribution in [3.8, 4) is 0 Å². The summed E-state index contributed by atoms with van der Waals surface area (Å²) in [6.07, 6.45) is 1.80. The van der Waals surface area contributed by atoms with Crippen molar-refractivity contribution >= 4 is 40.1 Å². The first kappa shape index (κ1) is 18.1. The van der Waals surface area contributed by atoms with Crippen molar-refractivity contribution in [1.82, 2.24) is 0 Å². The zero-order valence-electron chi connectivity index (χ0n) is 12.1. The fourth-order valence-corrected chi connectivity index (χ4v) is 4.07. The molecule has 0 saturated carbocycles. The van der Waals surface area contributed by atoms with Crippen LogP contribution in [0, 0.1) is 0 Å². The summed E-state index contributed by atoms with van der Waals surface area (Å²) in [7, 11) is 1.89. The first-order valence-electron chi connectivity index (χ1n) is 6.33. The molecule has 0 amide bonds. The predicted molar refractivity (Wildman–Crippen MR) is 88.5 cm³/mol. The Kier molecular flexibility index (Phi) is 9.43. The van der Waals surface area contributed by atoms with Crippen LogP contribution in [0.3, 0.4) is 0 Å². The molecule has 1 aromatic rings. The minimum atomic E-state index is 0.193. The van der Waals surface area contributed by atoms with Gasteiger partial charge in [0.25, 0.3) is 0 Å². The highest BCUT2D eigenvalue weighted by Gasteiger charge is 2.21. The molecule has 0 fully saturated rings. The van der Waals surface area contributed by atoms with E-state index >= 15 is 0 Å². The molecule has 0 saturated heterocycles. The van der Waals surface area contributed by atoms with Crippen molar-refractivity contribution in [2.75, 3.05) is 18.1 Å². The Morgan fingerprint density at radius 1 is 1.47 bits per heavy atom. The molecule has 1 aromatic heterocycles. The van der Waals surface area contributed by atoms with E-state index in [-0.39, 0.29) is 5.76 Å². The largest absolute Gasteiger partial charge is 0.508 e. The molecule has 2 heterocycles. The maximum absolute atomic E-state index is 9.55. The summed E-state index contributed by atoms with van der Waals surface area (Å²) in [5.41, 5.74) is 2.23. The summed E-state index contributed by atoms with van der Waals surface area (Å²) in [5.74, 6) is 2.41. The van der Waals surface area contributed by atoms with E-state index in [0.717, 1.165) is 34.8 Å². The van der Waals surface area contributed by atoms with Crippen LogP contribution in [0.2, 0.25) is 0 Å². The van der Waals surface area contributed by atoms with Crippen LogP contribution < -0.4 is 5.32 Å². The van der Waals surface area contributed by atoms with Gasteiger partial charge in [-0.05, 0) is 24.7 Å². The van der Waals surface area contributed by atoms with Gasteiger partial charge in [-0.25, -0.2) is 0 Å². The number of fused-ring (bicyclic) bond motifs is 1. The number of rotatable bonds is 2. The Bertz CT molecular complexity index is 414. The van der Waals surface area contributed by atoms with Crippen LogP contribution in [0.15, 0.2) is 6.58 Å². The first-order valence-corrected chi connectivity index (χ1v) is 8.30. The molecular formula is C14H23NO2S2. The normalized spacial score (nSPS) is 12.0. The minimum absolute atomic E-state index is 0.193. The van der Waals surface area contributed by atoms with Gasteiger partial charge in [0.2, 0.25) is 0 Å². The van der Waals surface area contributed by atoms with E-state index in [1.807, 2.05) is 32.7 Å². The molecule has 5 heteroatoms. The molecule has 0 aliphatic carbocycles. The molecule has 2 rings (SSSR count). The number of hydrogen-bond donors (Lipinski definition) is 2. The van der Waals surface area contributed by atoms with Gasteiger partial charge >= 0.3 is 0 Å². The third-order valence-corrected chi connectivity index (χ3v) is 4.75. The van der Waals surface area contributed by atoms with E-state index in [4.69, 9.17) is 4.79 Å². The number of thiophene rings is 1. The lowest BCUT2D eigenvalue weighted by atomic mass is 10.1. The number of aliphatic hydroxyl groups is 1. The summed E-state index contributed by atoms with van der Waals surface area (Å²) in [6, 6.07) is 0. The number of anilines is 1. The molecule has 0 atom stereocenters. The Morgan fingerprint density at radius 2 is 2.05 bits per heavy atom. The predicted octanol–water partition coefficient (Wildman–Crippen LogP) is 4.34. The second-order valence-corrected chi connectivity index (χ2v) is 5.65. The van der Waals surface area contributed by atoms with Crippen molar-refractivity contribution in [3.05, 3.63) is 22.6 Å². The van der Waals surface area contributed by atoms with E-state index in [1.54, 1.807) is 11.3 Å². The highest BCUT2D eigenvalue weighted by atomic mass is 32.2. The van der Waals surface area contributed by atoms with Gasteiger partial charge in [0, 0.05) is 17.7 Å². The lowest BCUT2D eigenvalue weighted by Gasteiger charge is -2.11. The minimum Gasteiger partial charge on any atom is -0.508 e. The third kappa shape index (κ3) is 4.91. The van der Waals surface area contributed by atoms with Gasteiger partial charge in [-0.15, -0.1) is 11.3 Å². The third-order valence-electron chi connectivity index (χ3n) is 2.34. The summed E-state index contributed by atoms with van der Waals surface area (Å²) in [5, 5.41) is 13.7. The summed E-state index contributed by atoms with van der Waals surface area (Å²) in [4.78, 5) is 10.2. The monoisotopic (exact) mass is 301 g/mol. The smallest absolute Gasteiger partial charge is 0.118 e. The fourth-order valence-electron chi connectivity index (χ4n) is 1.71. The number of thioether (sulfide) groups is 1. The zero-order chi connectivity index (χ0) is 14.8. The van der Waals surface area contributed by atoms with Crippen molar-refractivity contribution in [3.63, 3.8) is 0 Å². The van der Waals surface area contributed by atoms with E-state index in [9.17, 15) is 5.11 Å². The highest BCUT2D eigenvalue weighted by Crippen LogP contribution is 2.41. The van der Waals surface area contributed by atoms with E-state index in [2.05, 4.69) is 11.9 Å². The lowest BCUT2D eigenvalue weighted by molar-refractivity contribution is -0.106. The van der Waals surface area contributed by atoms with Gasteiger partial charge in [0.15, 0.2) is 0 Å². The number of aldehydes is 1. The Labute approximate surface area is 124 Å². The highest BCUT2D eigenvalue weighted by molar-refractivity contribution is 7.98. The average Bonchev–Trinajstić information content (AvgIpc) is 2.80. The molecular weight excluding hydrogens is 278 g/mol. The summed E-state index contributed by atoms with van der Waals surface area (Å²) in [6.45, 7) is 9.07. The maximum Gasteiger partial charge on any atom is 0.118 e. The molecule has 19 heavy (non-hydrogen) atoms. The van der Waals surface area contributed by atoms with E-state index in [0.29, 0.717) is 0 Å². The van der Waals surface area contributed by atoms with Gasteiger partial charge in [0.05, 0.1) is 10.6 Å². The van der Waals surface area contributed by atoms with Crippen LogP contribution in [0.4, 0.5) is 5.00 Å². The van der Waals surface area contributed by atoms with Crippen LogP contribution in [0.5, 0.6) is 0 Å². The molecule has 2 N–H and O–H groups in total. The molecule has 0 unspecified atom stereocenters. The van der Waals surface area contributed by atoms with Crippen LogP contribution in [0.1, 0.15) is 36.8 Å². The summed E-state index contributed by atoms with van der Waals surface area (Å²) < 4.78 is 0. The topological polar surface area (TPSA) is 49.3 Å². The maximum atomic E-state index is 9.55. The molecule has 0 spiro atoms. The molecule has 0 radical (unpaired) electrons. The number of hydrogen-bond acceptors (Lipinski definition) is 5. The number of nitrogens with one attached hydrogen (secondary N) is 1. The van der Waals surface area contributed by atoms with Crippen LogP contribution >= 0.6 is 23.1 Å². The number of aliphatic hydroxyl groups excluding tert-OH is 1. The van der Waals surface area contributed by atoms with Gasteiger partial charge in [-0.2, -0.15) is 11.8 Å². The average molecular weight is 301 g/mol. The van der Waals surface area contributed by atoms with E-state index in [1.165, 1.54) is 17.4 Å². The van der Waals surface area contributed by atoms with Gasteiger partial charge in [-0.3, -0.25) is 0 Å². The Hall–Kier alpha value is -0.940. The Morgan fingerprint density at radius 3 is 2.53 bits per heavy atom. The second kappa shape index (κ2) is 9.92. The molecule has 0 aromatic carbocycles. The van der Waals surface area contributed by atoms with Gasteiger partial charge in [0.1, 0.15) is 12.0 Å². The second-order valence-electron chi connectivity index (χ2n) is 3.44. The van der Waals surface area contributed by atoms with Crippen LogP contribution in [-0.2, 0) is 17.0 Å². The number of carbonyl (C=O) groups is 1. The van der Waals surface area contributed by atoms with Crippen molar-refractivity contribution in [2.45, 2.75) is 32.9 Å². The molecule has 3 nitrogen and oxygen atoms in total. The molecule has 108 valence electrons. The van der Waals surface area contributed by atoms with E-state index < -0.39 is 0 Å². The standard InChI is InChI=1S/C10H13NOS2.C2H4O.C2H6/c1-6(12)9-7-3-4-13-5-8(7)14-10(9)11-2;1-2-3;1-2/h11-12H,1,3-5H2,2H3;2H,1H3;1-2H3. The van der Waals surface area contributed by atoms with Crippen LogP contribution in [0.25, 0.3) is 5.76 Å². The fraction of sp³-hybridized carbons (Fsp3) is 0.500. The van der Waals surface area contributed by atoms with Crippen molar-refractivity contribution in [1.29, 1.82) is 0 Å².